The SMILES string of the molecule is COc1cc(N2CCN(C(=O)Cn3nc(-c4ncon4)c4cccnc43)CC2)ccc1Cl. The molecule has 10 nitrogen and oxygen atoms in total. The molecule has 0 saturated carbocycles. The van der Waals surface area contributed by atoms with Gasteiger partial charge in [0.25, 0.3) is 0 Å². The van der Waals surface area contributed by atoms with Gasteiger partial charge in [-0.3, -0.25) is 4.79 Å². The quantitative estimate of drug-likeness (QED) is 0.454. The van der Waals surface area contributed by atoms with Crippen LogP contribution < -0.4 is 9.64 Å². The average molecular weight is 454 g/mol. The molecule has 1 amide bonds. The van der Waals surface area contributed by atoms with Crippen LogP contribution >= 0.6 is 11.6 Å². The Hall–Kier alpha value is -3.66. The van der Waals surface area contributed by atoms with Crippen molar-refractivity contribution in [3.8, 4) is 17.3 Å². The fourth-order valence-corrected chi connectivity index (χ4v) is 4.04. The Morgan fingerprint density at radius 2 is 2.03 bits per heavy atom. The van der Waals surface area contributed by atoms with Gasteiger partial charge in [-0.15, -0.1) is 0 Å². The van der Waals surface area contributed by atoms with Crippen molar-refractivity contribution in [3.63, 3.8) is 0 Å². The molecule has 1 aliphatic heterocycles. The lowest BCUT2D eigenvalue weighted by Crippen LogP contribution is -2.49. The van der Waals surface area contributed by atoms with Crippen LogP contribution in [0.3, 0.4) is 0 Å². The monoisotopic (exact) mass is 453 g/mol. The highest BCUT2D eigenvalue weighted by Crippen LogP contribution is 2.30. The lowest BCUT2D eigenvalue weighted by atomic mass is 10.2. The molecule has 1 saturated heterocycles. The number of piperazine rings is 1. The number of nitrogens with zero attached hydrogens (tertiary/aromatic N) is 7. The second-order valence-corrected chi connectivity index (χ2v) is 7.73. The molecule has 32 heavy (non-hydrogen) atoms. The third kappa shape index (κ3) is 3.73. The smallest absolute Gasteiger partial charge is 0.244 e. The van der Waals surface area contributed by atoms with Crippen molar-refractivity contribution in [2.45, 2.75) is 6.54 Å². The van der Waals surface area contributed by atoms with Gasteiger partial charge in [-0.2, -0.15) is 10.1 Å². The van der Waals surface area contributed by atoms with E-state index < -0.39 is 0 Å². The largest absolute Gasteiger partial charge is 0.495 e. The molecule has 3 aromatic heterocycles. The van der Waals surface area contributed by atoms with Crippen molar-refractivity contribution >= 4 is 34.2 Å². The van der Waals surface area contributed by atoms with E-state index >= 15 is 0 Å². The molecule has 0 bridgehead atoms. The molecular formula is C21H20ClN7O3. The summed E-state index contributed by atoms with van der Waals surface area (Å²) in [4.78, 5) is 25.6. The number of methoxy groups -OCH3 is 1. The second-order valence-electron chi connectivity index (χ2n) is 7.32. The first-order chi connectivity index (χ1) is 15.6. The van der Waals surface area contributed by atoms with Crippen molar-refractivity contribution in [3.05, 3.63) is 47.9 Å². The molecule has 0 radical (unpaired) electrons. The van der Waals surface area contributed by atoms with Crippen molar-refractivity contribution in [2.24, 2.45) is 0 Å². The minimum absolute atomic E-state index is 0.0203. The molecule has 0 atom stereocenters. The van der Waals surface area contributed by atoms with Crippen LogP contribution in [0.4, 0.5) is 5.69 Å². The van der Waals surface area contributed by atoms with E-state index in [1.165, 1.54) is 6.39 Å². The summed E-state index contributed by atoms with van der Waals surface area (Å²) >= 11 is 6.13. The number of carbonyl (C=O) groups is 1. The standard InChI is InChI=1S/C21H20ClN7O3/c1-31-17-11-14(4-5-16(17)22)27-7-9-28(10-8-27)18(30)12-29-21-15(3-2-6-23-21)19(25-29)20-24-13-32-26-20/h2-6,11,13H,7-10,12H2,1H3. The molecule has 11 heteroatoms. The predicted molar refractivity (Wildman–Crippen MR) is 118 cm³/mol. The zero-order chi connectivity index (χ0) is 22.1. The Labute approximate surface area is 188 Å². The zero-order valence-corrected chi connectivity index (χ0v) is 18.1. The molecule has 4 aromatic rings. The Bertz CT molecular complexity index is 1250. The molecule has 0 unspecified atom stereocenters. The van der Waals surface area contributed by atoms with E-state index in [0.717, 1.165) is 11.1 Å². The molecular weight excluding hydrogens is 434 g/mol. The highest BCUT2D eigenvalue weighted by Gasteiger charge is 2.24. The Kier molecular flexibility index (Phi) is 5.36. The van der Waals surface area contributed by atoms with Crippen molar-refractivity contribution in [1.29, 1.82) is 0 Å². The summed E-state index contributed by atoms with van der Waals surface area (Å²) in [6, 6.07) is 9.39. The minimum Gasteiger partial charge on any atom is -0.495 e. The highest BCUT2D eigenvalue weighted by atomic mass is 35.5. The topological polar surface area (TPSA) is 102 Å². The maximum absolute atomic E-state index is 13.0. The van der Waals surface area contributed by atoms with Gasteiger partial charge in [-0.25, -0.2) is 9.67 Å². The molecule has 0 spiro atoms. The Morgan fingerprint density at radius 3 is 2.78 bits per heavy atom. The number of benzene rings is 1. The zero-order valence-electron chi connectivity index (χ0n) is 17.3. The lowest BCUT2D eigenvalue weighted by Gasteiger charge is -2.36. The molecule has 4 heterocycles. The van der Waals surface area contributed by atoms with Crippen LogP contribution in [0.1, 0.15) is 0 Å². The predicted octanol–water partition coefficient (Wildman–Crippen LogP) is 2.49. The maximum Gasteiger partial charge on any atom is 0.244 e. The first-order valence-corrected chi connectivity index (χ1v) is 10.5. The summed E-state index contributed by atoms with van der Waals surface area (Å²) in [6.45, 7) is 2.72. The van der Waals surface area contributed by atoms with E-state index in [9.17, 15) is 4.79 Å². The van der Waals surface area contributed by atoms with E-state index in [0.29, 0.717) is 54.1 Å². The van der Waals surface area contributed by atoms with Crippen LogP contribution in [-0.4, -0.2) is 69.0 Å². The van der Waals surface area contributed by atoms with Gasteiger partial charge in [0.1, 0.15) is 18.0 Å². The van der Waals surface area contributed by atoms with Crippen LogP contribution in [-0.2, 0) is 11.3 Å². The fraction of sp³-hybridized carbons (Fsp3) is 0.286. The van der Waals surface area contributed by atoms with Gasteiger partial charge in [0.05, 0.1) is 17.5 Å². The Morgan fingerprint density at radius 1 is 1.19 bits per heavy atom. The molecule has 0 aliphatic carbocycles. The van der Waals surface area contributed by atoms with Crippen LogP contribution in [0.25, 0.3) is 22.6 Å². The third-order valence-electron chi connectivity index (χ3n) is 5.50. The summed E-state index contributed by atoms with van der Waals surface area (Å²) in [5.74, 6) is 0.979. The Balaban J connectivity index is 1.29. The first kappa shape index (κ1) is 20.3. The molecule has 0 N–H and O–H groups in total. The van der Waals surface area contributed by atoms with Crippen LogP contribution in [0.5, 0.6) is 5.75 Å². The number of carbonyl (C=O) groups excluding carboxylic acids is 1. The highest BCUT2D eigenvalue weighted by molar-refractivity contribution is 6.32. The van der Waals surface area contributed by atoms with Gasteiger partial charge in [0, 0.05) is 44.1 Å². The van der Waals surface area contributed by atoms with Gasteiger partial charge in [-0.1, -0.05) is 16.8 Å². The van der Waals surface area contributed by atoms with Crippen LogP contribution in [0.15, 0.2) is 47.4 Å². The number of hydrogen-bond acceptors (Lipinski definition) is 8. The van der Waals surface area contributed by atoms with Gasteiger partial charge in [0.2, 0.25) is 18.1 Å². The third-order valence-corrected chi connectivity index (χ3v) is 5.81. The number of amides is 1. The lowest BCUT2D eigenvalue weighted by molar-refractivity contribution is -0.132. The van der Waals surface area contributed by atoms with E-state index in [2.05, 4.69) is 25.1 Å². The normalized spacial score (nSPS) is 14.2. The minimum atomic E-state index is -0.0203. The summed E-state index contributed by atoms with van der Waals surface area (Å²) in [6.07, 6.45) is 2.92. The number of anilines is 1. The van der Waals surface area contributed by atoms with Gasteiger partial charge in [-0.05, 0) is 24.3 Å². The van der Waals surface area contributed by atoms with Crippen LogP contribution in [0.2, 0.25) is 5.02 Å². The average Bonchev–Trinajstić information content (AvgIpc) is 3.48. The molecule has 164 valence electrons. The van der Waals surface area contributed by atoms with Crippen molar-refractivity contribution in [2.75, 3.05) is 38.2 Å². The number of pyridine rings is 1. The van der Waals surface area contributed by atoms with E-state index in [-0.39, 0.29) is 12.5 Å². The number of aromatic nitrogens is 5. The fourth-order valence-electron chi connectivity index (χ4n) is 3.85. The summed E-state index contributed by atoms with van der Waals surface area (Å²) in [5, 5.41) is 9.75. The number of hydrogen-bond donors (Lipinski definition) is 0. The molecule has 1 fully saturated rings. The molecule has 5 rings (SSSR count). The number of ether oxygens (including phenoxy) is 1. The van der Waals surface area contributed by atoms with Gasteiger partial charge in [0.15, 0.2) is 5.65 Å². The summed E-state index contributed by atoms with van der Waals surface area (Å²) in [5.41, 5.74) is 2.16. The number of fused-ring (bicyclic) bond motifs is 1. The molecule has 1 aliphatic rings. The summed E-state index contributed by atoms with van der Waals surface area (Å²) < 4.78 is 11.8. The second kappa shape index (κ2) is 8.46. The van der Waals surface area contributed by atoms with Crippen LogP contribution in [0, 0.1) is 0 Å². The van der Waals surface area contributed by atoms with E-state index in [1.807, 2.05) is 35.2 Å². The van der Waals surface area contributed by atoms with Gasteiger partial charge < -0.3 is 19.1 Å². The van der Waals surface area contributed by atoms with Crippen molar-refractivity contribution < 1.29 is 14.1 Å². The van der Waals surface area contributed by atoms with Crippen molar-refractivity contribution in [1.82, 2.24) is 29.8 Å². The first-order valence-electron chi connectivity index (χ1n) is 10.1. The van der Waals surface area contributed by atoms with E-state index in [1.54, 1.807) is 18.0 Å². The number of rotatable bonds is 5. The van der Waals surface area contributed by atoms with Gasteiger partial charge >= 0.3 is 0 Å². The molecule has 1 aromatic carbocycles. The maximum atomic E-state index is 13.0. The van der Waals surface area contributed by atoms with E-state index in [4.69, 9.17) is 20.9 Å². The number of halogens is 1. The summed E-state index contributed by atoms with van der Waals surface area (Å²) in [7, 11) is 1.60.